The van der Waals surface area contributed by atoms with Crippen LogP contribution in [0, 0.1) is 18.2 Å². The summed E-state index contributed by atoms with van der Waals surface area (Å²) in [6.07, 6.45) is 5.51. The second kappa shape index (κ2) is 5.03. The van der Waals surface area contributed by atoms with Crippen molar-refractivity contribution >= 4 is 5.91 Å². The minimum atomic E-state index is -0.424. The summed E-state index contributed by atoms with van der Waals surface area (Å²) in [5.41, 5.74) is 0.962. The van der Waals surface area contributed by atoms with E-state index in [0.717, 1.165) is 5.56 Å². The number of nitrogens with one attached hydrogen (secondary N) is 1. The summed E-state index contributed by atoms with van der Waals surface area (Å²) in [7, 11) is 0. The Hall–Kier alpha value is -1.82. The van der Waals surface area contributed by atoms with Crippen LogP contribution >= 0.6 is 0 Å². The van der Waals surface area contributed by atoms with Crippen LogP contribution in [0.2, 0.25) is 0 Å². The van der Waals surface area contributed by atoms with Crippen molar-refractivity contribution < 1.29 is 9.18 Å². The molecule has 0 saturated heterocycles. The summed E-state index contributed by atoms with van der Waals surface area (Å²) in [5, 5.41) is 2.53. The highest BCUT2D eigenvalue weighted by atomic mass is 19.1. The van der Waals surface area contributed by atoms with Gasteiger partial charge in [-0.25, -0.2) is 4.39 Å². The number of hydrogen-bond donors (Lipinski definition) is 1. The fourth-order valence-electron chi connectivity index (χ4n) is 1.02. The molecule has 1 rings (SSSR count). The van der Waals surface area contributed by atoms with Gasteiger partial charge in [-0.2, -0.15) is 0 Å². The molecule has 0 heterocycles. The van der Waals surface area contributed by atoms with Crippen molar-refractivity contribution in [3.05, 3.63) is 35.6 Å². The van der Waals surface area contributed by atoms with Crippen molar-refractivity contribution in [1.29, 1.82) is 0 Å². The molecule has 0 aliphatic carbocycles. The van der Waals surface area contributed by atoms with Crippen LogP contribution in [0.3, 0.4) is 0 Å². The SMILES string of the molecule is C#CC(=O)NCCc1ccc(F)cc1. The summed E-state index contributed by atoms with van der Waals surface area (Å²) in [4.78, 5) is 10.6. The normalized spacial score (nSPS) is 9.14. The Labute approximate surface area is 82.1 Å². The molecular formula is C11H10FNO. The zero-order valence-electron chi connectivity index (χ0n) is 7.59. The average Bonchev–Trinajstić information content (AvgIpc) is 2.21. The number of benzene rings is 1. The molecule has 14 heavy (non-hydrogen) atoms. The standard InChI is InChI=1S/C11H10FNO/c1-2-11(14)13-8-7-9-3-5-10(12)6-4-9/h1,3-6H,7-8H2,(H,13,14). The maximum Gasteiger partial charge on any atom is 0.295 e. The lowest BCUT2D eigenvalue weighted by Crippen LogP contribution is -2.23. The van der Waals surface area contributed by atoms with Crippen LogP contribution in [-0.2, 0) is 11.2 Å². The van der Waals surface area contributed by atoms with Gasteiger partial charge >= 0.3 is 0 Å². The van der Waals surface area contributed by atoms with Gasteiger partial charge in [-0.05, 0) is 30.0 Å². The first-order valence-electron chi connectivity index (χ1n) is 4.21. The van der Waals surface area contributed by atoms with Gasteiger partial charge in [0.2, 0.25) is 0 Å². The van der Waals surface area contributed by atoms with E-state index in [2.05, 4.69) is 5.32 Å². The summed E-state index contributed by atoms with van der Waals surface area (Å²) < 4.78 is 12.5. The largest absolute Gasteiger partial charge is 0.345 e. The third kappa shape index (κ3) is 3.28. The van der Waals surface area contributed by atoms with Gasteiger partial charge in [-0.3, -0.25) is 4.79 Å². The van der Waals surface area contributed by atoms with E-state index in [0.29, 0.717) is 13.0 Å². The molecule has 0 spiro atoms. The van der Waals surface area contributed by atoms with Crippen LogP contribution in [-0.4, -0.2) is 12.5 Å². The first-order valence-corrected chi connectivity index (χ1v) is 4.21. The van der Waals surface area contributed by atoms with E-state index >= 15 is 0 Å². The Bertz CT molecular complexity index is 351. The Morgan fingerprint density at radius 2 is 2.07 bits per heavy atom. The second-order valence-electron chi connectivity index (χ2n) is 2.78. The molecule has 0 atom stereocenters. The first kappa shape index (κ1) is 10.3. The third-order valence-electron chi connectivity index (χ3n) is 1.74. The molecule has 2 nitrogen and oxygen atoms in total. The van der Waals surface area contributed by atoms with Gasteiger partial charge in [0.1, 0.15) is 5.82 Å². The number of hydrogen-bond acceptors (Lipinski definition) is 1. The molecule has 0 aliphatic heterocycles. The predicted octanol–water partition coefficient (Wildman–Crippen LogP) is 1.12. The lowest BCUT2D eigenvalue weighted by Gasteiger charge is -2.01. The van der Waals surface area contributed by atoms with Crippen molar-refractivity contribution in [1.82, 2.24) is 5.32 Å². The Morgan fingerprint density at radius 1 is 1.43 bits per heavy atom. The van der Waals surface area contributed by atoms with Crippen LogP contribution in [0.1, 0.15) is 5.56 Å². The molecule has 1 aromatic carbocycles. The smallest absolute Gasteiger partial charge is 0.295 e. The molecule has 1 aromatic rings. The summed E-state index contributed by atoms with van der Waals surface area (Å²) in [6, 6.07) is 6.13. The van der Waals surface area contributed by atoms with E-state index in [4.69, 9.17) is 6.42 Å². The number of rotatable bonds is 3. The van der Waals surface area contributed by atoms with Crippen molar-refractivity contribution in [3.63, 3.8) is 0 Å². The number of carbonyl (C=O) groups is 1. The quantitative estimate of drug-likeness (QED) is 0.713. The highest BCUT2D eigenvalue weighted by molar-refractivity contribution is 5.92. The molecule has 0 bridgehead atoms. The number of amides is 1. The fourth-order valence-corrected chi connectivity index (χ4v) is 1.02. The maximum atomic E-state index is 12.5. The number of halogens is 1. The molecular weight excluding hydrogens is 181 g/mol. The molecule has 0 fully saturated rings. The van der Waals surface area contributed by atoms with Crippen LogP contribution < -0.4 is 5.32 Å². The Balaban J connectivity index is 2.36. The van der Waals surface area contributed by atoms with E-state index in [-0.39, 0.29) is 5.82 Å². The topological polar surface area (TPSA) is 29.1 Å². The zero-order valence-corrected chi connectivity index (χ0v) is 7.59. The van der Waals surface area contributed by atoms with Gasteiger partial charge in [-0.1, -0.05) is 12.1 Å². The van der Waals surface area contributed by atoms with Crippen molar-refractivity contribution in [2.24, 2.45) is 0 Å². The van der Waals surface area contributed by atoms with Gasteiger partial charge in [-0.15, -0.1) is 6.42 Å². The zero-order chi connectivity index (χ0) is 10.4. The van der Waals surface area contributed by atoms with Gasteiger partial charge < -0.3 is 5.32 Å². The lowest BCUT2D eigenvalue weighted by atomic mass is 10.1. The summed E-state index contributed by atoms with van der Waals surface area (Å²) >= 11 is 0. The number of carbonyl (C=O) groups excluding carboxylic acids is 1. The van der Waals surface area contributed by atoms with Gasteiger partial charge in [0, 0.05) is 6.54 Å². The van der Waals surface area contributed by atoms with Crippen LogP contribution in [0.15, 0.2) is 24.3 Å². The van der Waals surface area contributed by atoms with Gasteiger partial charge in [0.15, 0.2) is 0 Å². The maximum absolute atomic E-state index is 12.5. The summed E-state index contributed by atoms with van der Waals surface area (Å²) in [5.74, 6) is 1.26. The molecule has 0 aromatic heterocycles. The van der Waals surface area contributed by atoms with Gasteiger partial charge in [0.05, 0.1) is 0 Å². The van der Waals surface area contributed by atoms with Gasteiger partial charge in [0.25, 0.3) is 5.91 Å². The molecule has 0 saturated carbocycles. The molecule has 0 radical (unpaired) electrons. The molecule has 1 N–H and O–H groups in total. The highest BCUT2D eigenvalue weighted by Crippen LogP contribution is 2.02. The fraction of sp³-hybridized carbons (Fsp3) is 0.182. The van der Waals surface area contributed by atoms with E-state index < -0.39 is 5.91 Å². The Morgan fingerprint density at radius 3 is 2.64 bits per heavy atom. The van der Waals surface area contributed by atoms with E-state index in [9.17, 15) is 9.18 Å². The predicted molar refractivity (Wildman–Crippen MR) is 51.9 cm³/mol. The van der Waals surface area contributed by atoms with Crippen molar-refractivity contribution in [2.45, 2.75) is 6.42 Å². The third-order valence-corrected chi connectivity index (χ3v) is 1.74. The van der Waals surface area contributed by atoms with Crippen molar-refractivity contribution in [2.75, 3.05) is 6.54 Å². The van der Waals surface area contributed by atoms with E-state index in [1.54, 1.807) is 12.1 Å². The van der Waals surface area contributed by atoms with Crippen molar-refractivity contribution in [3.8, 4) is 12.3 Å². The Kier molecular flexibility index (Phi) is 3.69. The molecule has 3 heteroatoms. The minimum absolute atomic E-state index is 0.263. The molecule has 0 aliphatic rings. The van der Waals surface area contributed by atoms with E-state index in [1.807, 2.05) is 5.92 Å². The average molecular weight is 191 g/mol. The second-order valence-corrected chi connectivity index (χ2v) is 2.78. The van der Waals surface area contributed by atoms with Crippen LogP contribution in [0.5, 0.6) is 0 Å². The molecule has 1 amide bonds. The lowest BCUT2D eigenvalue weighted by molar-refractivity contribution is -0.115. The molecule has 0 unspecified atom stereocenters. The first-order chi connectivity index (χ1) is 6.72. The highest BCUT2D eigenvalue weighted by Gasteiger charge is 1.96. The van der Waals surface area contributed by atoms with E-state index in [1.165, 1.54) is 12.1 Å². The van der Waals surface area contributed by atoms with Crippen LogP contribution in [0.25, 0.3) is 0 Å². The monoisotopic (exact) mass is 191 g/mol. The molecule has 72 valence electrons. The minimum Gasteiger partial charge on any atom is -0.345 e. The number of terminal acetylenes is 1. The van der Waals surface area contributed by atoms with Crippen LogP contribution in [0.4, 0.5) is 4.39 Å². The summed E-state index contributed by atoms with van der Waals surface area (Å²) in [6.45, 7) is 0.467.